The SMILES string of the molecule is In1nncc1Cc1ccccc1. The summed E-state index contributed by atoms with van der Waals surface area (Å²) >= 11 is 2.13. The van der Waals surface area contributed by atoms with E-state index < -0.39 is 0 Å². The van der Waals surface area contributed by atoms with Crippen molar-refractivity contribution in [2.75, 3.05) is 0 Å². The Labute approximate surface area is 90.3 Å². The standard InChI is InChI=1S/C9H8IN3/c10-13-9(7-11-12-13)6-8-4-2-1-3-5-8/h1-5,7H,6H2. The number of hydrogen-bond donors (Lipinski definition) is 0. The molecular weight excluding hydrogens is 277 g/mol. The predicted octanol–water partition coefficient (Wildman–Crippen LogP) is 2.07. The van der Waals surface area contributed by atoms with Gasteiger partial charge in [0.1, 0.15) is 0 Å². The van der Waals surface area contributed by atoms with Crippen molar-refractivity contribution in [3.63, 3.8) is 0 Å². The second kappa shape index (κ2) is 3.87. The fourth-order valence-corrected chi connectivity index (χ4v) is 1.57. The summed E-state index contributed by atoms with van der Waals surface area (Å²) in [6.45, 7) is 0. The minimum absolute atomic E-state index is 0.886. The van der Waals surface area contributed by atoms with Gasteiger partial charge in [-0.25, -0.2) is 0 Å². The van der Waals surface area contributed by atoms with Gasteiger partial charge in [-0.05, 0) is 5.56 Å². The Morgan fingerprint density at radius 2 is 2.00 bits per heavy atom. The lowest BCUT2D eigenvalue weighted by molar-refractivity contribution is 0.892. The maximum Gasteiger partial charge on any atom is 0.0867 e. The van der Waals surface area contributed by atoms with Crippen molar-refractivity contribution in [2.45, 2.75) is 6.42 Å². The fourth-order valence-electron chi connectivity index (χ4n) is 1.16. The summed E-state index contributed by atoms with van der Waals surface area (Å²) < 4.78 is 1.77. The Kier molecular flexibility index (Phi) is 2.58. The Morgan fingerprint density at radius 3 is 2.62 bits per heavy atom. The summed E-state index contributed by atoms with van der Waals surface area (Å²) in [5.74, 6) is 0. The molecule has 0 N–H and O–H groups in total. The van der Waals surface area contributed by atoms with Crippen molar-refractivity contribution in [1.29, 1.82) is 0 Å². The molecule has 0 saturated heterocycles. The zero-order valence-corrected chi connectivity index (χ0v) is 9.05. The van der Waals surface area contributed by atoms with Crippen molar-refractivity contribution in [3.05, 3.63) is 47.8 Å². The van der Waals surface area contributed by atoms with Crippen LogP contribution >= 0.6 is 22.9 Å². The number of hydrogen-bond acceptors (Lipinski definition) is 2. The molecule has 0 unspecified atom stereocenters. The van der Waals surface area contributed by atoms with Crippen LogP contribution in [0, 0.1) is 0 Å². The lowest BCUT2D eigenvalue weighted by atomic mass is 10.1. The Balaban J connectivity index is 2.20. The summed E-state index contributed by atoms with van der Waals surface area (Å²) in [4.78, 5) is 0. The number of nitrogens with zero attached hydrogens (tertiary/aromatic N) is 3. The van der Waals surface area contributed by atoms with Crippen LogP contribution in [0.3, 0.4) is 0 Å². The molecule has 0 saturated carbocycles. The molecule has 2 aromatic rings. The normalized spacial score (nSPS) is 10.2. The maximum atomic E-state index is 3.87. The molecule has 0 radical (unpaired) electrons. The smallest absolute Gasteiger partial charge is 0.0867 e. The Morgan fingerprint density at radius 1 is 1.23 bits per heavy atom. The van der Waals surface area contributed by atoms with E-state index in [9.17, 15) is 0 Å². The summed E-state index contributed by atoms with van der Waals surface area (Å²) in [5, 5.41) is 7.69. The zero-order valence-electron chi connectivity index (χ0n) is 6.89. The Hall–Kier alpha value is -0.910. The molecule has 0 aliphatic heterocycles. The van der Waals surface area contributed by atoms with Crippen LogP contribution < -0.4 is 0 Å². The topological polar surface area (TPSA) is 30.7 Å². The highest BCUT2D eigenvalue weighted by Gasteiger charge is 2.01. The minimum atomic E-state index is 0.886. The molecule has 0 atom stereocenters. The first-order valence-corrected chi connectivity index (χ1v) is 4.92. The molecule has 1 aromatic carbocycles. The number of aromatic nitrogens is 3. The highest BCUT2D eigenvalue weighted by molar-refractivity contribution is 14.1. The van der Waals surface area contributed by atoms with Gasteiger partial charge >= 0.3 is 0 Å². The minimum Gasteiger partial charge on any atom is -0.188 e. The van der Waals surface area contributed by atoms with Crippen molar-refractivity contribution < 1.29 is 0 Å². The molecule has 0 aliphatic carbocycles. The van der Waals surface area contributed by atoms with Gasteiger partial charge in [0.05, 0.1) is 34.8 Å². The molecular formula is C9H8IN3. The van der Waals surface area contributed by atoms with E-state index in [0.29, 0.717) is 0 Å². The fraction of sp³-hybridized carbons (Fsp3) is 0.111. The van der Waals surface area contributed by atoms with Crippen molar-refractivity contribution in [3.8, 4) is 0 Å². The predicted molar refractivity (Wildman–Crippen MR) is 58.7 cm³/mol. The van der Waals surface area contributed by atoms with Crippen LogP contribution in [0.4, 0.5) is 0 Å². The quantitative estimate of drug-likeness (QED) is 0.791. The summed E-state index contributed by atoms with van der Waals surface area (Å²) in [7, 11) is 0. The molecule has 1 aromatic heterocycles. The molecule has 0 bridgehead atoms. The zero-order chi connectivity index (χ0) is 9.10. The molecule has 66 valence electrons. The van der Waals surface area contributed by atoms with Gasteiger partial charge in [-0.15, -0.1) is 5.10 Å². The average Bonchev–Trinajstić information content (AvgIpc) is 2.54. The first-order chi connectivity index (χ1) is 6.36. The largest absolute Gasteiger partial charge is 0.188 e. The number of benzene rings is 1. The van der Waals surface area contributed by atoms with Crippen LogP contribution in [0.2, 0.25) is 0 Å². The second-order valence-electron chi connectivity index (χ2n) is 2.75. The van der Waals surface area contributed by atoms with Gasteiger partial charge in [-0.3, -0.25) is 0 Å². The summed E-state index contributed by atoms with van der Waals surface area (Å²) in [6, 6.07) is 10.3. The monoisotopic (exact) mass is 285 g/mol. The molecule has 0 spiro atoms. The van der Waals surface area contributed by atoms with Gasteiger partial charge in [-0.1, -0.05) is 35.5 Å². The van der Waals surface area contributed by atoms with E-state index >= 15 is 0 Å². The van der Waals surface area contributed by atoms with Crippen LogP contribution in [0.25, 0.3) is 0 Å². The van der Waals surface area contributed by atoms with E-state index in [0.717, 1.165) is 12.1 Å². The van der Waals surface area contributed by atoms with Gasteiger partial charge in [0.15, 0.2) is 0 Å². The van der Waals surface area contributed by atoms with Crippen LogP contribution in [0.5, 0.6) is 0 Å². The Bertz CT molecular complexity index is 383. The molecule has 13 heavy (non-hydrogen) atoms. The number of halogens is 1. The van der Waals surface area contributed by atoms with Gasteiger partial charge in [0.2, 0.25) is 0 Å². The summed E-state index contributed by atoms with van der Waals surface area (Å²) in [5.41, 5.74) is 2.40. The third-order valence-corrected chi connectivity index (χ3v) is 2.61. The lowest BCUT2D eigenvalue weighted by Crippen LogP contribution is -1.93. The van der Waals surface area contributed by atoms with Gasteiger partial charge in [0.25, 0.3) is 0 Å². The summed E-state index contributed by atoms with van der Waals surface area (Å²) in [6.07, 6.45) is 2.68. The molecule has 3 nitrogen and oxygen atoms in total. The van der Waals surface area contributed by atoms with Crippen LogP contribution in [-0.4, -0.2) is 13.2 Å². The van der Waals surface area contributed by atoms with Gasteiger partial charge in [0, 0.05) is 6.42 Å². The maximum absolute atomic E-state index is 3.87. The van der Waals surface area contributed by atoms with Crippen LogP contribution in [0.15, 0.2) is 36.5 Å². The molecule has 0 amide bonds. The van der Waals surface area contributed by atoms with Crippen molar-refractivity contribution in [2.24, 2.45) is 0 Å². The highest BCUT2D eigenvalue weighted by atomic mass is 127. The van der Waals surface area contributed by atoms with E-state index in [1.54, 1.807) is 9.09 Å². The van der Waals surface area contributed by atoms with Crippen LogP contribution in [-0.2, 0) is 6.42 Å². The van der Waals surface area contributed by atoms with E-state index in [4.69, 9.17) is 0 Å². The average molecular weight is 285 g/mol. The van der Waals surface area contributed by atoms with E-state index in [1.807, 2.05) is 18.2 Å². The third-order valence-electron chi connectivity index (χ3n) is 1.80. The highest BCUT2D eigenvalue weighted by Crippen LogP contribution is 2.08. The lowest BCUT2D eigenvalue weighted by Gasteiger charge is -1.98. The van der Waals surface area contributed by atoms with E-state index in [-0.39, 0.29) is 0 Å². The molecule has 2 rings (SSSR count). The van der Waals surface area contributed by atoms with E-state index in [1.165, 1.54) is 5.56 Å². The van der Waals surface area contributed by atoms with Crippen molar-refractivity contribution in [1.82, 2.24) is 13.2 Å². The third kappa shape index (κ3) is 2.06. The van der Waals surface area contributed by atoms with Crippen molar-refractivity contribution >= 4 is 22.9 Å². The second-order valence-corrected chi connectivity index (χ2v) is 3.66. The first kappa shape index (κ1) is 8.68. The van der Waals surface area contributed by atoms with E-state index in [2.05, 4.69) is 45.3 Å². The molecule has 4 heteroatoms. The van der Waals surface area contributed by atoms with Gasteiger partial charge in [-0.2, -0.15) is 2.90 Å². The molecule has 0 aliphatic rings. The first-order valence-electron chi connectivity index (χ1n) is 3.96. The van der Waals surface area contributed by atoms with Crippen LogP contribution in [0.1, 0.15) is 11.3 Å². The van der Waals surface area contributed by atoms with Gasteiger partial charge < -0.3 is 0 Å². The molecule has 0 fully saturated rings. The number of rotatable bonds is 2. The molecule has 1 heterocycles.